The summed E-state index contributed by atoms with van der Waals surface area (Å²) in [6.45, 7) is 0.411. The van der Waals surface area contributed by atoms with Gasteiger partial charge in [0.2, 0.25) is 5.91 Å². The molecule has 2 amide bonds. The van der Waals surface area contributed by atoms with Crippen LogP contribution in [0.1, 0.15) is 16.8 Å². The number of carbonyl (C=O) groups excluding carboxylic acids is 2. The van der Waals surface area contributed by atoms with E-state index in [1.807, 2.05) is 0 Å². The van der Waals surface area contributed by atoms with Gasteiger partial charge in [0.1, 0.15) is 5.82 Å². The third-order valence-corrected chi connectivity index (χ3v) is 2.74. The Morgan fingerprint density at radius 2 is 2.22 bits per heavy atom. The number of rotatable bonds is 3. The van der Waals surface area contributed by atoms with Gasteiger partial charge in [0, 0.05) is 18.7 Å². The van der Waals surface area contributed by atoms with E-state index < -0.39 is 11.7 Å². The highest BCUT2D eigenvalue weighted by atomic mass is 19.1. The van der Waals surface area contributed by atoms with Crippen molar-refractivity contribution in [2.45, 2.75) is 12.5 Å². The Morgan fingerprint density at radius 3 is 2.78 bits per heavy atom. The molecule has 6 nitrogen and oxygen atoms in total. The van der Waals surface area contributed by atoms with Crippen LogP contribution in [-0.2, 0) is 4.79 Å². The lowest BCUT2D eigenvalue weighted by atomic mass is 10.1. The number of hydrogen-bond donors (Lipinski definition) is 4. The summed E-state index contributed by atoms with van der Waals surface area (Å²) >= 11 is 0. The lowest BCUT2D eigenvalue weighted by Gasteiger charge is -2.14. The fraction of sp³-hybridized carbons (Fsp3) is 0.273. The van der Waals surface area contributed by atoms with E-state index in [4.69, 9.17) is 11.5 Å². The summed E-state index contributed by atoms with van der Waals surface area (Å²) in [4.78, 5) is 22.1. The normalized spacial score (nSPS) is 18.5. The van der Waals surface area contributed by atoms with Crippen molar-refractivity contribution in [1.29, 1.82) is 0 Å². The van der Waals surface area contributed by atoms with Crippen LogP contribution in [0.2, 0.25) is 0 Å². The summed E-state index contributed by atoms with van der Waals surface area (Å²) in [5.41, 5.74) is 10.8. The van der Waals surface area contributed by atoms with E-state index in [0.29, 0.717) is 6.54 Å². The third-order valence-electron chi connectivity index (χ3n) is 2.74. The number of hydrogen-bond acceptors (Lipinski definition) is 4. The maximum atomic E-state index is 13.6. The number of nitrogens with one attached hydrogen (secondary N) is 2. The standard InChI is InChI=1S/C11H13FN4O2/c12-7-3-8(13)6(11(14)18)2-9(7)16-5-1-10(17)15-4-5/h2-3,5,16H,1,4,13H2,(H2,14,18)(H,15,17). The number of carbonyl (C=O) groups is 2. The summed E-state index contributed by atoms with van der Waals surface area (Å²) < 4.78 is 13.6. The van der Waals surface area contributed by atoms with Gasteiger partial charge in [-0.15, -0.1) is 0 Å². The van der Waals surface area contributed by atoms with Crippen molar-refractivity contribution in [3.8, 4) is 0 Å². The number of nitrogens with two attached hydrogens (primary N) is 2. The maximum absolute atomic E-state index is 13.6. The smallest absolute Gasteiger partial charge is 0.250 e. The molecular weight excluding hydrogens is 239 g/mol. The first-order valence-corrected chi connectivity index (χ1v) is 5.39. The van der Waals surface area contributed by atoms with Crippen molar-refractivity contribution in [2.75, 3.05) is 17.6 Å². The number of halogens is 1. The minimum atomic E-state index is -0.726. The highest BCUT2D eigenvalue weighted by molar-refractivity contribution is 5.99. The van der Waals surface area contributed by atoms with Crippen molar-refractivity contribution >= 4 is 23.2 Å². The van der Waals surface area contributed by atoms with E-state index in [1.54, 1.807) is 0 Å². The SMILES string of the molecule is NC(=O)c1cc(NC2CNC(=O)C2)c(F)cc1N. The number of benzene rings is 1. The zero-order valence-corrected chi connectivity index (χ0v) is 9.50. The summed E-state index contributed by atoms with van der Waals surface area (Å²) in [5, 5.41) is 5.46. The molecule has 1 aliphatic rings. The van der Waals surface area contributed by atoms with Crippen LogP contribution >= 0.6 is 0 Å². The molecule has 1 aliphatic heterocycles. The second-order valence-corrected chi connectivity index (χ2v) is 4.13. The molecule has 0 aliphatic carbocycles. The van der Waals surface area contributed by atoms with Gasteiger partial charge >= 0.3 is 0 Å². The average molecular weight is 252 g/mol. The Morgan fingerprint density at radius 1 is 1.50 bits per heavy atom. The van der Waals surface area contributed by atoms with E-state index >= 15 is 0 Å². The molecule has 0 bridgehead atoms. The first-order valence-electron chi connectivity index (χ1n) is 5.39. The predicted octanol–water partition coefficient (Wildman–Crippen LogP) is -0.193. The molecular formula is C11H13FN4O2. The molecule has 0 aromatic heterocycles. The van der Waals surface area contributed by atoms with Gasteiger partial charge in [0.25, 0.3) is 5.91 Å². The van der Waals surface area contributed by atoms with Crippen molar-refractivity contribution in [1.82, 2.24) is 5.32 Å². The summed E-state index contributed by atoms with van der Waals surface area (Å²) in [6.07, 6.45) is 0.260. The monoisotopic (exact) mass is 252 g/mol. The van der Waals surface area contributed by atoms with Gasteiger partial charge in [-0.2, -0.15) is 0 Å². The van der Waals surface area contributed by atoms with Crippen LogP contribution in [0, 0.1) is 5.82 Å². The Labute approximate surface area is 103 Å². The summed E-state index contributed by atoms with van der Waals surface area (Å²) in [6, 6.07) is 2.08. The first kappa shape index (κ1) is 12.2. The van der Waals surface area contributed by atoms with Gasteiger partial charge in [0.05, 0.1) is 17.3 Å². The van der Waals surface area contributed by atoms with Crippen molar-refractivity contribution in [3.63, 3.8) is 0 Å². The molecule has 2 rings (SSSR count). The summed E-state index contributed by atoms with van der Waals surface area (Å²) in [7, 11) is 0. The molecule has 1 unspecified atom stereocenters. The van der Waals surface area contributed by atoms with Gasteiger partial charge in [-0.1, -0.05) is 0 Å². The quantitative estimate of drug-likeness (QED) is 0.559. The van der Waals surface area contributed by atoms with Crippen molar-refractivity contribution in [3.05, 3.63) is 23.5 Å². The Hall–Kier alpha value is -2.31. The van der Waals surface area contributed by atoms with Gasteiger partial charge in [-0.05, 0) is 12.1 Å². The van der Waals surface area contributed by atoms with E-state index in [0.717, 1.165) is 6.07 Å². The van der Waals surface area contributed by atoms with E-state index in [2.05, 4.69) is 10.6 Å². The highest BCUT2D eigenvalue weighted by Gasteiger charge is 2.22. The topological polar surface area (TPSA) is 110 Å². The van der Waals surface area contributed by atoms with Crippen LogP contribution in [0.5, 0.6) is 0 Å². The van der Waals surface area contributed by atoms with Crippen LogP contribution < -0.4 is 22.1 Å². The lowest BCUT2D eigenvalue weighted by Crippen LogP contribution is -2.23. The lowest BCUT2D eigenvalue weighted by molar-refractivity contribution is -0.119. The largest absolute Gasteiger partial charge is 0.398 e. The Bertz CT molecular complexity index is 518. The molecule has 18 heavy (non-hydrogen) atoms. The summed E-state index contributed by atoms with van der Waals surface area (Å²) in [5.74, 6) is -1.41. The highest BCUT2D eigenvalue weighted by Crippen LogP contribution is 2.23. The third kappa shape index (κ3) is 2.34. The molecule has 1 atom stereocenters. The first-order chi connectivity index (χ1) is 8.47. The van der Waals surface area contributed by atoms with Crippen molar-refractivity contribution < 1.29 is 14.0 Å². The molecule has 0 spiro atoms. The molecule has 0 radical (unpaired) electrons. The molecule has 0 saturated carbocycles. The van der Waals surface area contributed by atoms with Crippen molar-refractivity contribution in [2.24, 2.45) is 5.73 Å². The Balaban J connectivity index is 2.24. The molecule has 6 N–H and O–H groups in total. The van der Waals surface area contributed by atoms with E-state index in [-0.39, 0.29) is 35.3 Å². The number of anilines is 2. The molecule has 1 aromatic carbocycles. The minimum absolute atomic E-state index is 0.00817. The van der Waals surface area contributed by atoms with Crippen LogP contribution in [0.25, 0.3) is 0 Å². The minimum Gasteiger partial charge on any atom is -0.398 e. The second kappa shape index (κ2) is 4.52. The molecule has 1 fully saturated rings. The molecule has 1 aromatic rings. The van der Waals surface area contributed by atoms with Crippen LogP contribution in [0.3, 0.4) is 0 Å². The van der Waals surface area contributed by atoms with Crippen LogP contribution in [-0.4, -0.2) is 24.4 Å². The number of amides is 2. The van der Waals surface area contributed by atoms with E-state index in [9.17, 15) is 14.0 Å². The van der Waals surface area contributed by atoms with Gasteiger partial charge in [-0.3, -0.25) is 9.59 Å². The fourth-order valence-corrected chi connectivity index (χ4v) is 1.84. The number of primary amides is 1. The van der Waals surface area contributed by atoms with E-state index in [1.165, 1.54) is 6.07 Å². The zero-order valence-electron chi connectivity index (χ0n) is 9.50. The van der Waals surface area contributed by atoms with Crippen LogP contribution in [0.15, 0.2) is 12.1 Å². The molecule has 96 valence electrons. The van der Waals surface area contributed by atoms with Crippen LogP contribution in [0.4, 0.5) is 15.8 Å². The Kier molecular flexibility index (Phi) is 3.05. The molecule has 1 heterocycles. The van der Waals surface area contributed by atoms with Gasteiger partial charge in [-0.25, -0.2) is 4.39 Å². The zero-order chi connectivity index (χ0) is 13.3. The molecule has 7 heteroatoms. The average Bonchev–Trinajstić information content (AvgIpc) is 2.67. The van der Waals surface area contributed by atoms with Gasteiger partial charge in [0.15, 0.2) is 0 Å². The second-order valence-electron chi connectivity index (χ2n) is 4.13. The fourth-order valence-electron chi connectivity index (χ4n) is 1.84. The number of nitrogen functional groups attached to an aromatic ring is 1. The molecule has 1 saturated heterocycles. The van der Waals surface area contributed by atoms with Gasteiger partial charge < -0.3 is 22.1 Å². The maximum Gasteiger partial charge on any atom is 0.250 e. The predicted molar refractivity (Wildman–Crippen MR) is 64.4 cm³/mol.